The quantitative estimate of drug-likeness (QED) is 0.239. The number of anilines is 2. The van der Waals surface area contributed by atoms with Gasteiger partial charge in [0.15, 0.2) is 0 Å². The standard InChI is InChI=1S/C30H32N2O5/c1-5-31(6-2)22-13-9-20(10-14-22)27-26(28(34)21-11-15-23(16-12-21)37-7-3)29(35)30(36)32(27)24-18-19(4)8-17-25(24)33/h8-18,27,33-34H,5-7H2,1-4H3/b28-26+. The summed E-state index contributed by atoms with van der Waals surface area (Å²) in [6, 6.07) is 18.3. The molecule has 0 bridgehead atoms. The summed E-state index contributed by atoms with van der Waals surface area (Å²) in [7, 11) is 0. The highest BCUT2D eigenvalue weighted by molar-refractivity contribution is 6.52. The van der Waals surface area contributed by atoms with Gasteiger partial charge in [0.1, 0.15) is 17.3 Å². The number of carbonyl (C=O) groups is 2. The molecular formula is C30H32N2O5. The normalized spacial score (nSPS) is 16.8. The molecule has 3 aromatic rings. The van der Waals surface area contributed by atoms with Gasteiger partial charge in [-0.15, -0.1) is 0 Å². The molecule has 2 N–H and O–H groups in total. The Morgan fingerprint density at radius 2 is 1.59 bits per heavy atom. The van der Waals surface area contributed by atoms with Crippen molar-refractivity contribution < 1.29 is 24.5 Å². The van der Waals surface area contributed by atoms with Gasteiger partial charge in [-0.2, -0.15) is 0 Å². The number of Topliss-reactive ketones (excluding diaryl/α,β-unsaturated/α-hetero) is 1. The van der Waals surface area contributed by atoms with E-state index in [1.807, 2.05) is 38.1 Å². The molecule has 7 heteroatoms. The van der Waals surface area contributed by atoms with Crippen LogP contribution in [0, 0.1) is 6.92 Å². The fraction of sp³-hybridized carbons (Fsp3) is 0.267. The van der Waals surface area contributed by atoms with E-state index < -0.39 is 17.7 Å². The van der Waals surface area contributed by atoms with E-state index in [9.17, 15) is 19.8 Å². The molecule has 0 spiro atoms. The number of ketones is 1. The SMILES string of the molecule is CCOc1ccc(/C(O)=C2\C(=O)C(=O)N(c3cc(C)ccc3O)C2c2ccc(N(CC)CC)cc2)cc1. The minimum Gasteiger partial charge on any atom is -0.507 e. The monoisotopic (exact) mass is 500 g/mol. The third-order valence-electron chi connectivity index (χ3n) is 6.61. The van der Waals surface area contributed by atoms with E-state index in [0.717, 1.165) is 24.3 Å². The van der Waals surface area contributed by atoms with Crippen molar-refractivity contribution in [1.29, 1.82) is 0 Å². The summed E-state index contributed by atoms with van der Waals surface area (Å²) < 4.78 is 5.48. The van der Waals surface area contributed by atoms with Crippen molar-refractivity contribution in [2.75, 3.05) is 29.5 Å². The Morgan fingerprint density at radius 1 is 0.946 bits per heavy atom. The fourth-order valence-electron chi connectivity index (χ4n) is 4.71. The van der Waals surface area contributed by atoms with Crippen LogP contribution in [-0.2, 0) is 9.59 Å². The maximum atomic E-state index is 13.4. The molecule has 1 unspecified atom stereocenters. The molecule has 192 valence electrons. The molecule has 0 saturated carbocycles. The predicted octanol–water partition coefficient (Wildman–Crippen LogP) is 5.57. The second kappa shape index (κ2) is 10.8. The number of phenols is 1. The van der Waals surface area contributed by atoms with Crippen LogP contribution in [0.4, 0.5) is 11.4 Å². The molecule has 1 amide bonds. The van der Waals surface area contributed by atoms with Crippen LogP contribution in [-0.4, -0.2) is 41.6 Å². The molecule has 1 aliphatic rings. The average molecular weight is 501 g/mol. The molecule has 37 heavy (non-hydrogen) atoms. The van der Waals surface area contributed by atoms with E-state index in [1.165, 1.54) is 11.0 Å². The summed E-state index contributed by atoms with van der Waals surface area (Å²) >= 11 is 0. The maximum absolute atomic E-state index is 13.4. The smallest absolute Gasteiger partial charge is 0.300 e. The number of amides is 1. The molecule has 3 aromatic carbocycles. The molecule has 1 fully saturated rings. The lowest BCUT2D eigenvalue weighted by Crippen LogP contribution is -2.29. The first-order valence-electron chi connectivity index (χ1n) is 12.5. The number of phenolic OH excluding ortho intramolecular Hbond substituents is 1. The van der Waals surface area contributed by atoms with Crippen LogP contribution in [0.25, 0.3) is 5.76 Å². The Balaban J connectivity index is 1.89. The van der Waals surface area contributed by atoms with Gasteiger partial charge in [0, 0.05) is 24.3 Å². The molecular weight excluding hydrogens is 468 g/mol. The molecule has 4 rings (SSSR count). The van der Waals surface area contributed by atoms with Gasteiger partial charge in [0.2, 0.25) is 0 Å². The molecule has 7 nitrogen and oxygen atoms in total. The largest absolute Gasteiger partial charge is 0.507 e. The number of rotatable bonds is 8. The van der Waals surface area contributed by atoms with Gasteiger partial charge in [-0.25, -0.2) is 0 Å². The van der Waals surface area contributed by atoms with Gasteiger partial charge < -0.3 is 19.8 Å². The minimum atomic E-state index is -0.926. The van der Waals surface area contributed by atoms with E-state index >= 15 is 0 Å². The van der Waals surface area contributed by atoms with Crippen molar-refractivity contribution in [3.8, 4) is 11.5 Å². The van der Waals surface area contributed by atoms with Gasteiger partial charge in [-0.3, -0.25) is 14.5 Å². The van der Waals surface area contributed by atoms with E-state index in [2.05, 4.69) is 18.7 Å². The summed E-state index contributed by atoms with van der Waals surface area (Å²) in [4.78, 5) is 30.3. The molecule has 1 saturated heterocycles. The van der Waals surface area contributed by atoms with Crippen molar-refractivity contribution in [3.63, 3.8) is 0 Å². The zero-order valence-electron chi connectivity index (χ0n) is 21.6. The zero-order chi connectivity index (χ0) is 26.7. The molecule has 0 radical (unpaired) electrons. The average Bonchev–Trinajstić information content (AvgIpc) is 3.17. The summed E-state index contributed by atoms with van der Waals surface area (Å²) in [5, 5.41) is 22.0. The Morgan fingerprint density at radius 3 is 2.19 bits per heavy atom. The van der Waals surface area contributed by atoms with Crippen molar-refractivity contribution >= 4 is 28.8 Å². The fourth-order valence-corrected chi connectivity index (χ4v) is 4.71. The summed E-state index contributed by atoms with van der Waals surface area (Å²) in [5.41, 5.74) is 3.03. The molecule has 1 heterocycles. The number of aliphatic hydroxyl groups is 1. The van der Waals surface area contributed by atoms with Gasteiger partial charge in [-0.05, 0) is 87.4 Å². The number of carbonyl (C=O) groups excluding carboxylic acids is 2. The van der Waals surface area contributed by atoms with Crippen LogP contribution in [0.2, 0.25) is 0 Å². The van der Waals surface area contributed by atoms with E-state index in [1.54, 1.807) is 36.4 Å². The number of hydrogen-bond acceptors (Lipinski definition) is 6. The van der Waals surface area contributed by atoms with Crippen molar-refractivity contribution in [2.45, 2.75) is 33.7 Å². The molecule has 0 aromatic heterocycles. The Labute approximate surface area is 217 Å². The lowest BCUT2D eigenvalue weighted by molar-refractivity contribution is -0.132. The highest BCUT2D eigenvalue weighted by atomic mass is 16.5. The number of ether oxygens (including phenoxy) is 1. The Bertz CT molecular complexity index is 1330. The number of hydrogen-bond donors (Lipinski definition) is 2. The van der Waals surface area contributed by atoms with Gasteiger partial charge in [0.05, 0.1) is 23.9 Å². The topological polar surface area (TPSA) is 90.3 Å². The van der Waals surface area contributed by atoms with E-state index in [4.69, 9.17) is 4.74 Å². The van der Waals surface area contributed by atoms with Crippen molar-refractivity contribution in [1.82, 2.24) is 0 Å². The van der Waals surface area contributed by atoms with Gasteiger partial charge in [-0.1, -0.05) is 18.2 Å². The number of nitrogens with zero attached hydrogens (tertiary/aromatic N) is 2. The summed E-state index contributed by atoms with van der Waals surface area (Å²) in [6.07, 6.45) is 0. The highest BCUT2D eigenvalue weighted by Crippen LogP contribution is 2.45. The lowest BCUT2D eigenvalue weighted by Gasteiger charge is -2.27. The van der Waals surface area contributed by atoms with Crippen molar-refractivity contribution in [3.05, 3.63) is 89.0 Å². The summed E-state index contributed by atoms with van der Waals surface area (Å²) in [6.45, 7) is 10.0. The van der Waals surface area contributed by atoms with Crippen LogP contribution >= 0.6 is 0 Å². The number of aromatic hydroxyl groups is 1. The van der Waals surface area contributed by atoms with Crippen LogP contribution < -0.4 is 14.5 Å². The molecule has 1 aliphatic heterocycles. The Kier molecular flexibility index (Phi) is 7.53. The van der Waals surface area contributed by atoms with E-state index in [0.29, 0.717) is 23.5 Å². The van der Waals surface area contributed by atoms with Crippen LogP contribution in [0.3, 0.4) is 0 Å². The van der Waals surface area contributed by atoms with Gasteiger partial charge in [0.25, 0.3) is 11.7 Å². The molecule has 0 aliphatic carbocycles. The first-order chi connectivity index (χ1) is 17.8. The second-order valence-corrected chi connectivity index (χ2v) is 8.88. The first-order valence-corrected chi connectivity index (χ1v) is 12.5. The number of benzene rings is 3. The first kappa shape index (κ1) is 25.8. The maximum Gasteiger partial charge on any atom is 0.300 e. The molecule has 1 atom stereocenters. The zero-order valence-corrected chi connectivity index (χ0v) is 21.6. The third kappa shape index (κ3) is 4.89. The highest BCUT2D eigenvalue weighted by Gasteiger charge is 2.47. The Hall–Kier alpha value is -4.26. The van der Waals surface area contributed by atoms with Crippen LogP contribution in [0.1, 0.15) is 43.5 Å². The third-order valence-corrected chi connectivity index (χ3v) is 6.61. The predicted molar refractivity (Wildman–Crippen MR) is 145 cm³/mol. The van der Waals surface area contributed by atoms with Gasteiger partial charge >= 0.3 is 0 Å². The van der Waals surface area contributed by atoms with Crippen LogP contribution in [0.5, 0.6) is 11.5 Å². The number of aryl methyl sites for hydroxylation is 1. The van der Waals surface area contributed by atoms with E-state index in [-0.39, 0.29) is 22.8 Å². The summed E-state index contributed by atoms with van der Waals surface area (Å²) in [5.74, 6) is -1.41. The number of aliphatic hydroxyl groups excluding tert-OH is 1. The van der Waals surface area contributed by atoms with Crippen molar-refractivity contribution in [2.24, 2.45) is 0 Å². The van der Waals surface area contributed by atoms with Crippen LogP contribution in [0.15, 0.2) is 72.3 Å². The lowest BCUT2D eigenvalue weighted by atomic mass is 9.94. The minimum absolute atomic E-state index is 0.0364. The second-order valence-electron chi connectivity index (χ2n) is 8.88.